The van der Waals surface area contributed by atoms with Crippen molar-refractivity contribution in [2.24, 2.45) is 0 Å². The summed E-state index contributed by atoms with van der Waals surface area (Å²) in [6.07, 6.45) is 26.0. The standard InChI is InChI=1S/C95H76B22/c1-20-28-34-38-40-42-45-49-56-75-76(57-50-44-41-39-35-29-21-2)85-84(83-72(52-33-25-6)70(51-26-7)69(27-8)68(19)77(75)83)73(54-46-32-24-5)71(53-47-37-31-23-4)74(55-48-43-36-30-22-3)86(85)87-78-62(13)58(9)60(11)64(15)80(78)88(81-65(16)61(12)59(10)63(14)79(81)87)90-92(108-97)91(96)89-82(94(90)111(100)109-98)66(17)67(18)93(112(114(101)102)115(103)104)95(89)113(116(105)106)117(107)110-99/h1,4,6,8,108-110H,96-107H2,2-3,5,7,9-19H3. The van der Waals surface area contributed by atoms with Crippen LogP contribution < -0.4 is 27.3 Å². The van der Waals surface area contributed by atoms with Crippen LogP contribution in [0.15, 0.2) is 0 Å². The van der Waals surface area contributed by atoms with Gasteiger partial charge in [-0.1, -0.05) is 92.5 Å². The quantitative estimate of drug-likeness (QED) is 0.0507. The molecule has 0 saturated heterocycles. The van der Waals surface area contributed by atoms with Gasteiger partial charge in [0.05, 0.1) is 151 Å². The van der Waals surface area contributed by atoms with Crippen LogP contribution in [-0.2, 0) is 0 Å². The van der Waals surface area contributed by atoms with E-state index >= 15 is 0 Å². The average molecular weight is 1460 g/mol. The van der Waals surface area contributed by atoms with Crippen LogP contribution in [0.2, 0.25) is 0 Å². The van der Waals surface area contributed by atoms with E-state index in [-0.39, 0.29) is 13.0 Å². The molecule has 0 atom stereocenters. The summed E-state index contributed by atoms with van der Waals surface area (Å²) >= 11 is 0. The number of fused-ring (bicyclic) bond motifs is 6. The maximum absolute atomic E-state index is 6.77. The van der Waals surface area contributed by atoms with Crippen LogP contribution in [0.1, 0.15) is 133 Å². The highest BCUT2D eigenvalue weighted by Gasteiger charge is 2.41. The summed E-state index contributed by atoms with van der Waals surface area (Å²) in [4.78, 5) is 0. The van der Waals surface area contributed by atoms with E-state index in [2.05, 4.69) is 387 Å². The molecule has 0 heterocycles. The predicted octanol–water partition coefficient (Wildman–Crippen LogP) is -4.10. The fourth-order valence-corrected chi connectivity index (χ4v) is 17.8. The molecule has 0 amide bonds. The van der Waals surface area contributed by atoms with Crippen molar-refractivity contribution >= 4 is 240 Å². The van der Waals surface area contributed by atoms with Crippen molar-refractivity contribution < 1.29 is 0 Å². The Balaban J connectivity index is 2.09. The summed E-state index contributed by atoms with van der Waals surface area (Å²) in [5.74, 6) is 116. The van der Waals surface area contributed by atoms with Crippen molar-refractivity contribution in [2.45, 2.75) is 104 Å². The molecule has 8 aromatic rings. The normalized spacial score (nSPS) is 9.05. The molecule has 0 aliphatic rings. The molecule has 0 radical (unpaired) electrons. The van der Waals surface area contributed by atoms with E-state index < -0.39 is 0 Å². The van der Waals surface area contributed by atoms with Gasteiger partial charge in [-0.05, 0) is 362 Å². The molecule has 0 aromatic heterocycles. The van der Waals surface area contributed by atoms with Crippen molar-refractivity contribution in [3.63, 3.8) is 0 Å². The van der Waals surface area contributed by atoms with Gasteiger partial charge in [-0.25, -0.2) is 0 Å². The highest BCUT2D eigenvalue weighted by Crippen LogP contribution is 2.55. The second-order valence-electron chi connectivity index (χ2n) is 30.6. The lowest BCUT2D eigenvalue weighted by Gasteiger charge is -2.37. The fourth-order valence-electron chi connectivity index (χ4n) is 17.8. The third-order valence-corrected chi connectivity index (χ3v) is 23.7. The molecule has 8 aromatic carbocycles. The van der Waals surface area contributed by atoms with Crippen LogP contribution in [0, 0.1) is 327 Å². The van der Waals surface area contributed by atoms with Crippen LogP contribution >= 0.6 is 0 Å². The van der Waals surface area contributed by atoms with Crippen molar-refractivity contribution in [1.82, 2.24) is 0 Å². The van der Waals surface area contributed by atoms with Gasteiger partial charge in [-0.2, -0.15) is 0 Å². The summed E-state index contributed by atoms with van der Waals surface area (Å²) < 4.78 is 0. The number of benzene rings is 8. The zero-order chi connectivity index (χ0) is 86.0. The highest BCUT2D eigenvalue weighted by atomic mass is 14.4. The van der Waals surface area contributed by atoms with Gasteiger partial charge < -0.3 is 0 Å². The van der Waals surface area contributed by atoms with Crippen molar-refractivity contribution in [3.8, 4) is 273 Å². The van der Waals surface area contributed by atoms with E-state index in [1.165, 1.54) is 60.5 Å². The zero-order valence-electron chi connectivity index (χ0n) is 73.5. The molecule has 0 aliphatic carbocycles. The summed E-state index contributed by atoms with van der Waals surface area (Å²) in [6.45, 7) is 32.7. The molecule has 8 rings (SSSR count). The molecule has 0 unspecified atom stereocenters. The Bertz CT molecular complexity index is 7080. The molecule has 0 nitrogen and oxygen atoms in total. The minimum absolute atomic E-state index is 0.0750. The van der Waals surface area contributed by atoms with Crippen LogP contribution in [0.5, 0.6) is 0 Å². The first-order chi connectivity index (χ1) is 56.1. The Labute approximate surface area is 717 Å². The number of hydrogen-bond donors (Lipinski definition) is 0. The summed E-state index contributed by atoms with van der Waals surface area (Å²) in [5.41, 5.74) is 26.6. The SMILES string of the molecule is BBB(B)B(B(B)B)c1c(B(B(B)B)B(B)B)c(C)c(C)c2c(B(B)BB)c(-c3c4c(C)c(C)c(C)c(C)c4c(-c4c(C#CC#CC#CC)c(C#CC#CC#C)c(C#CC#CC)c5c4c(C#CC#CC#CC#CC)c(C#CC#CC#CC#CC#C)c4c(C)c(C#C)c(C#CC)c(C#CC#C)c45)c4c(C)c(C)c(C)c(C)c34)c(BB)c(B)c12. The predicted molar refractivity (Wildman–Crippen MR) is 562 cm³/mol. The van der Waals surface area contributed by atoms with Crippen molar-refractivity contribution in [2.75, 3.05) is 0 Å². The Morgan fingerprint density at radius 2 is 0.615 bits per heavy atom. The van der Waals surface area contributed by atoms with Gasteiger partial charge in [0.15, 0.2) is 0 Å². The third-order valence-electron chi connectivity index (χ3n) is 23.7. The van der Waals surface area contributed by atoms with Crippen LogP contribution in [-0.4, -0.2) is 159 Å². The van der Waals surface area contributed by atoms with Gasteiger partial charge >= 0.3 is 0 Å². The largest absolute Gasteiger partial charge is 0.139 e. The lowest BCUT2D eigenvalue weighted by molar-refractivity contribution is 1.24. The van der Waals surface area contributed by atoms with Gasteiger partial charge in [0.2, 0.25) is 0 Å². The Morgan fingerprint density at radius 3 is 1.03 bits per heavy atom. The van der Waals surface area contributed by atoms with Crippen LogP contribution in [0.4, 0.5) is 0 Å². The number of rotatable bonds is 12. The van der Waals surface area contributed by atoms with Gasteiger partial charge in [-0.3, -0.25) is 0 Å². The number of aryl methyl sites for hydroxylation is 6. The lowest BCUT2D eigenvalue weighted by Crippen LogP contribution is -2.72. The first-order valence-electron chi connectivity index (χ1n) is 40.0. The van der Waals surface area contributed by atoms with Gasteiger partial charge in [0.25, 0.3) is 0 Å². The van der Waals surface area contributed by atoms with Gasteiger partial charge in [-0.15, -0.1) is 37.1 Å². The highest BCUT2D eigenvalue weighted by molar-refractivity contribution is 7.89. The van der Waals surface area contributed by atoms with E-state index in [9.17, 15) is 0 Å². The van der Waals surface area contributed by atoms with E-state index in [0.717, 1.165) is 81.8 Å². The molecule has 0 spiro atoms. The van der Waals surface area contributed by atoms with Gasteiger partial charge in [0, 0.05) is 65.3 Å². The fraction of sp³-hybridized carbons (Fsp3) is 0.158. The lowest BCUT2D eigenvalue weighted by atomic mass is 8.67. The van der Waals surface area contributed by atoms with E-state index in [1.807, 2.05) is 6.92 Å². The molecule has 0 saturated carbocycles. The maximum atomic E-state index is 6.77. The number of hydrogen-bond acceptors (Lipinski definition) is 0. The van der Waals surface area contributed by atoms with E-state index in [4.69, 9.17) is 25.7 Å². The molecular weight excluding hydrogens is 1380 g/mol. The Morgan fingerprint density at radius 1 is 0.265 bits per heavy atom. The first-order valence-corrected chi connectivity index (χ1v) is 40.0. The first kappa shape index (κ1) is 89.8. The number of terminal acetylenes is 4. The topological polar surface area (TPSA) is 0 Å². The third kappa shape index (κ3) is 17.3. The molecule has 22 heteroatoms. The second-order valence-corrected chi connectivity index (χ2v) is 30.6. The maximum Gasteiger partial charge on any atom is 0.139 e. The van der Waals surface area contributed by atoms with Gasteiger partial charge in [0.1, 0.15) is 15.0 Å². The zero-order valence-corrected chi connectivity index (χ0v) is 73.5. The molecular formula is C95H76B22. The molecule has 0 fully saturated rings. The van der Waals surface area contributed by atoms with Crippen LogP contribution in [0.3, 0.4) is 0 Å². The summed E-state index contributed by atoms with van der Waals surface area (Å²) in [5, 5.41) is 9.13. The minimum atomic E-state index is 0.0750. The minimum Gasteiger partial charge on any atom is -0.115 e. The van der Waals surface area contributed by atoms with Crippen molar-refractivity contribution in [1.29, 1.82) is 0 Å². The summed E-state index contributed by atoms with van der Waals surface area (Å²) in [7, 11) is 31.9. The Hall–Kier alpha value is -12.8. The molecule has 0 N–H and O–H groups in total. The van der Waals surface area contributed by atoms with Crippen LogP contribution in [0.25, 0.3) is 76.1 Å². The molecule has 117 heavy (non-hydrogen) atoms. The second kappa shape index (κ2) is 40.5. The van der Waals surface area contributed by atoms with E-state index in [1.54, 1.807) is 38.6 Å². The monoisotopic (exact) mass is 1460 g/mol. The summed E-state index contributed by atoms with van der Waals surface area (Å²) in [6, 6.07) is 0. The van der Waals surface area contributed by atoms with Crippen molar-refractivity contribution in [3.05, 3.63) is 106 Å². The average Bonchev–Trinajstić information content (AvgIpc) is 0.677. The smallest absolute Gasteiger partial charge is 0.115 e. The van der Waals surface area contributed by atoms with E-state index in [0.29, 0.717) is 109 Å². The molecule has 522 valence electrons. The molecule has 0 aliphatic heterocycles. The molecule has 0 bridgehead atoms. The Kier molecular flexibility index (Phi) is 31.1.